The lowest BCUT2D eigenvalue weighted by Gasteiger charge is -2.29. The number of piperazine rings is 1. The second kappa shape index (κ2) is 9.00. The zero-order valence-corrected chi connectivity index (χ0v) is 17.9. The van der Waals surface area contributed by atoms with E-state index in [0.29, 0.717) is 12.8 Å². The highest BCUT2D eigenvalue weighted by atomic mass is 16.4. The number of aliphatic imine (C=N–C) groups is 1. The number of anilines is 1. The number of hydrogen-bond acceptors (Lipinski definition) is 6. The summed E-state index contributed by atoms with van der Waals surface area (Å²) >= 11 is 0. The molecule has 1 heterocycles. The van der Waals surface area contributed by atoms with E-state index in [2.05, 4.69) is 15.2 Å². The van der Waals surface area contributed by atoms with E-state index in [1.807, 2.05) is 38.1 Å². The van der Waals surface area contributed by atoms with E-state index >= 15 is 0 Å². The number of hydrogen-bond donors (Lipinski definition) is 3. The van der Waals surface area contributed by atoms with E-state index in [4.69, 9.17) is 0 Å². The van der Waals surface area contributed by atoms with Crippen LogP contribution in [0, 0.1) is 5.41 Å². The highest BCUT2D eigenvalue weighted by Crippen LogP contribution is 2.36. The van der Waals surface area contributed by atoms with Crippen LogP contribution in [0.25, 0.3) is 0 Å². The fourth-order valence-electron chi connectivity index (χ4n) is 4.17. The summed E-state index contributed by atoms with van der Waals surface area (Å²) in [5.41, 5.74) is 2.15. The Morgan fingerprint density at radius 2 is 1.83 bits per heavy atom. The second-order valence-corrected chi connectivity index (χ2v) is 8.94. The number of nitrogens with zero attached hydrogens (tertiary/aromatic N) is 2. The molecule has 3 N–H and O–H groups in total. The van der Waals surface area contributed by atoms with Crippen molar-refractivity contribution in [3.8, 4) is 0 Å². The van der Waals surface area contributed by atoms with Gasteiger partial charge in [-0.25, -0.2) is 4.79 Å². The number of carboxylic acid groups (broad SMARTS) is 1. The minimum atomic E-state index is -1.05. The normalized spacial score (nSPS) is 21.0. The van der Waals surface area contributed by atoms with E-state index in [-0.39, 0.29) is 34.7 Å². The van der Waals surface area contributed by atoms with Gasteiger partial charge >= 0.3 is 5.97 Å². The number of benzene rings is 1. The van der Waals surface area contributed by atoms with Crippen molar-refractivity contribution in [3.63, 3.8) is 0 Å². The Morgan fingerprint density at radius 1 is 1.20 bits per heavy atom. The molecular formula is C23H31N3O4. The predicted octanol–water partition coefficient (Wildman–Crippen LogP) is 2.75. The average molecular weight is 414 g/mol. The van der Waals surface area contributed by atoms with E-state index in [9.17, 15) is 19.8 Å². The molecule has 0 amide bonds. The van der Waals surface area contributed by atoms with Gasteiger partial charge in [0.05, 0.1) is 5.57 Å². The molecular weight excluding hydrogens is 382 g/mol. The standard InChI is InChI=1S/C23H31N3O4/c1-15(21-19(27)13-23(2,3)14-20(21)28)25-18(22(29)30)12-16-4-6-17(7-5-16)26-10-8-24-9-11-26/h4-7,18,24,27H,8-14H2,1-3H3,(H,29,30)/t18-/m0/s1. The molecule has 1 aromatic carbocycles. The lowest BCUT2D eigenvalue weighted by Crippen LogP contribution is -2.43. The number of carbonyl (C=O) groups is 2. The Morgan fingerprint density at radius 3 is 2.40 bits per heavy atom. The van der Waals surface area contributed by atoms with Gasteiger partial charge in [0.1, 0.15) is 5.76 Å². The second-order valence-electron chi connectivity index (χ2n) is 8.94. The van der Waals surface area contributed by atoms with Crippen LogP contribution < -0.4 is 10.2 Å². The minimum Gasteiger partial charge on any atom is -0.511 e. The predicted molar refractivity (Wildman–Crippen MR) is 117 cm³/mol. The van der Waals surface area contributed by atoms with Crippen LogP contribution >= 0.6 is 0 Å². The zero-order chi connectivity index (χ0) is 21.9. The van der Waals surface area contributed by atoms with Gasteiger partial charge in [-0.3, -0.25) is 9.79 Å². The molecule has 0 unspecified atom stereocenters. The number of rotatable bonds is 6. The Hall–Kier alpha value is -2.67. The smallest absolute Gasteiger partial charge is 0.328 e. The summed E-state index contributed by atoms with van der Waals surface area (Å²) in [6.07, 6.45) is 0.916. The summed E-state index contributed by atoms with van der Waals surface area (Å²) in [6, 6.07) is 6.87. The molecule has 2 aliphatic rings. The number of Topliss-reactive ketones (excluding diaryl/α,β-unsaturated/α-hetero) is 1. The van der Waals surface area contributed by atoms with Gasteiger partial charge in [-0.15, -0.1) is 0 Å². The van der Waals surface area contributed by atoms with Gasteiger partial charge in [0.15, 0.2) is 11.8 Å². The van der Waals surface area contributed by atoms with Crippen LogP contribution in [0.4, 0.5) is 5.69 Å². The van der Waals surface area contributed by atoms with Crippen molar-refractivity contribution < 1.29 is 19.8 Å². The zero-order valence-electron chi connectivity index (χ0n) is 17.9. The molecule has 1 aromatic rings. The number of allylic oxidation sites excluding steroid dienone is 2. The average Bonchev–Trinajstić information content (AvgIpc) is 2.67. The maximum absolute atomic E-state index is 12.5. The molecule has 0 aromatic heterocycles. The molecule has 1 saturated heterocycles. The molecule has 1 aliphatic heterocycles. The molecule has 1 atom stereocenters. The quantitative estimate of drug-likeness (QED) is 0.620. The van der Waals surface area contributed by atoms with E-state index < -0.39 is 12.0 Å². The third-order valence-corrected chi connectivity index (χ3v) is 5.70. The van der Waals surface area contributed by atoms with Gasteiger partial charge in [-0.05, 0) is 30.0 Å². The van der Waals surface area contributed by atoms with Crippen molar-refractivity contribution in [3.05, 3.63) is 41.2 Å². The Labute approximate surface area is 177 Å². The Balaban J connectivity index is 1.76. The molecule has 30 heavy (non-hydrogen) atoms. The van der Waals surface area contributed by atoms with Crippen molar-refractivity contribution >= 4 is 23.2 Å². The molecule has 7 heteroatoms. The third-order valence-electron chi connectivity index (χ3n) is 5.70. The fraction of sp³-hybridized carbons (Fsp3) is 0.522. The highest BCUT2D eigenvalue weighted by molar-refractivity contribution is 6.22. The highest BCUT2D eigenvalue weighted by Gasteiger charge is 2.34. The monoisotopic (exact) mass is 413 g/mol. The van der Waals surface area contributed by atoms with E-state index in [0.717, 1.165) is 37.4 Å². The molecule has 1 aliphatic carbocycles. The summed E-state index contributed by atoms with van der Waals surface area (Å²) < 4.78 is 0. The topological polar surface area (TPSA) is 102 Å². The molecule has 7 nitrogen and oxygen atoms in total. The number of carbonyl (C=O) groups excluding carboxylic acids is 1. The number of carboxylic acids is 1. The van der Waals surface area contributed by atoms with Gasteiger partial charge < -0.3 is 20.4 Å². The Kier molecular flexibility index (Phi) is 6.61. The number of aliphatic hydroxyl groups excluding tert-OH is 1. The number of ketones is 1. The van der Waals surface area contributed by atoms with Crippen LogP contribution in [0.2, 0.25) is 0 Å². The van der Waals surface area contributed by atoms with Crippen LogP contribution in [0.1, 0.15) is 39.2 Å². The Bertz CT molecular complexity index is 865. The summed E-state index contributed by atoms with van der Waals surface area (Å²) in [7, 11) is 0. The van der Waals surface area contributed by atoms with Gasteiger partial charge in [0.2, 0.25) is 0 Å². The summed E-state index contributed by atoms with van der Waals surface area (Å²) in [6.45, 7) is 9.26. The first-order valence-electron chi connectivity index (χ1n) is 10.4. The van der Waals surface area contributed by atoms with Crippen LogP contribution in [0.5, 0.6) is 0 Å². The number of nitrogens with one attached hydrogen (secondary N) is 1. The summed E-state index contributed by atoms with van der Waals surface area (Å²) in [5.74, 6) is -1.24. The fourth-order valence-corrected chi connectivity index (χ4v) is 4.17. The van der Waals surface area contributed by atoms with E-state index in [1.165, 1.54) is 0 Å². The minimum absolute atomic E-state index is 0.00186. The maximum atomic E-state index is 12.5. The molecule has 162 valence electrons. The summed E-state index contributed by atoms with van der Waals surface area (Å²) in [4.78, 5) is 30.9. The number of aliphatic hydroxyl groups is 1. The molecule has 0 spiro atoms. The molecule has 1 fully saturated rings. The van der Waals surface area contributed by atoms with Crippen molar-refractivity contribution in [2.75, 3.05) is 31.1 Å². The van der Waals surface area contributed by atoms with Gasteiger partial charge in [-0.2, -0.15) is 0 Å². The summed E-state index contributed by atoms with van der Waals surface area (Å²) in [5, 5.41) is 23.4. The maximum Gasteiger partial charge on any atom is 0.328 e. The van der Waals surface area contributed by atoms with E-state index in [1.54, 1.807) is 6.92 Å². The first kappa shape index (κ1) is 22.0. The number of aliphatic carboxylic acids is 1. The van der Waals surface area contributed by atoms with Gasteiger partial charge in [0, 0.05) is 56.8 Å². The lowest BCUT2D eigenvalue weighted by atomic mass is 9.75. The molecule has 0 bridgehead atoms. The van der Waals surface area contributed by atoms with Crippen molar-refractivity contribution in [2.24, 2.45) is 10.4 Å². The molecule has 3 rings (SSSR count). The first-order chi connectivity index (χ1) is 14.2. The molecule has 0 saturated carbocycles. The van der Waals surface area contributed by atoms with Crippen molar-refractivity contribution in [2.45, 2.75) is 46.1 Å². The SMILES string of the molecule is CC(=N[C@@H](Cc1ccc(N2CCNCC2)cc1)C(=O)O)C1=C(O)CC(C)(C)CC1=O. The van der Waals surface area contributed by atoms with Crippen molar-refractivity contribution in [1.29, 1.82) is 0 Å². The van der Waals surface area contributed by atoms with Crippen LogP contribution in [-0.4, -0.2) is 59.9 Å². The first-order valence-corrected chi connectivity index (χ1v) is 10.4. The van der Waals surface area contributed by atoms with Gasteiger partial charge in [0.25, 0.3) is 0 Å². The van der Waals surface area contributed by atoms with Crippen LogP contribution in [0.15, 0.2) is 40.6 Å². The van der Waals surface area contributed by atoms with Crippen LogP contribution in [0.3, 0.4) is 0 Å². The largest absolute Gasteiger partial charge is 0.511 e. The van der Waals surface area contributed by atoms with Crippen LogP contribution in [-0.2, 0) is 16.0 Å². The van der Waals surface area contributed by atoms with Crippen molar-refractivity contribution in [1.82, 2.24) is 5.32 Å². The van der Waals surface area contributed by atoms with Gasteiger partial charge in [-0.1, -0.05) is 26.0 Å². The lowest BCUT2D eigenvalue weighted by molar-refractivity contribution is -0.138. The molecule has 0 radical (unpaired) electrons. The third kappa shape index (κ3) is 5.27.